The minimum Gasteiger partial charge on any atom is -0.448 e. The standard InChI is InChI=1S/C18H12F3NO3S/c1-9(17(23)22-10-5-6-13(20)14(21)7-10)25-18(24)16-8-11-12(19)3-2-4-15(11)26-16/h2-9H,1H3,(H,22,23)/t9-/m1/s1. The van der Waals surface area contributed by atoms with Crippen molar-refractivity contribution in [1.82, 2.24) is 0 Å². The van der Waals surface area contributed by atoms with Crippen LogP contribution in [0.3, 0.4) is 0 Å². The molecule has 26 heavy (non-hydrogen) atoms. The first-order valence-corrected chi connectivity index (χ1v) is 8.32. The quantitative estimate of drug-likeness (QED) is 0.679. The number of nitrogens with one attached hydrogen (secondary N) is 1. The molecule has 3 aromatic rings. The van der Waals surface area contributed by atoms with Gasteiger partial charge in [-0.3, -0.25) is 4.79 Å². The molecule has 0 saturated carbocycles. The first kappa shape index (κ1) is 17.9. The number of rotatable bonds is 4. The zero-order valence-corrected chi connectivity index (χ0v) is 14.2. The van der Waals surface area contributed by atoms with Crippen molar-refractivity contribution in [3.8, 4) is 0 Å². The highest BCUT2D eigenvalue weighted by Gasteiger charge is 2.21. The van der Waals surface area contributed by atoms with E-state index in [2.05, 4.69) is 5.32 Å². The molecule has 4 nitrogen and oxygen atoms in total. The molecule has 0 saturated heterocycles. The maximum Gasteiger partial charge on any atom is 0.349 e. The second-order valence-corrected chi connectivity index (χ2v) is 6.51. The van der Waals surface area contributed by atoms with Crippen LogP contribution in [0.5, 0.6) is 0 Å². The third-order valence-corrected chi connectivity index (χ3v) is 4.63. The number of carbonyl (C=O) groups is 2. The number of amides is 1. The van der Waals surface area contributed by atoms with Crippen LogP contribution in [0.1, 0.15) is 16.6 Å². The molecule has 1 aromatic heterocycles. The van der Waals surface area contributed by atoms with Crippen molar-refractivity contribution in [1.29, 1.82) is 0 Å². The van der Waals surface area contributed by atoms with Gasteiger partial charge in [-0.05, 0) is 37.3 Å². The predicted molar refractivity (Wildman–Crippen MR) is 91.6 cm³/mol. The van der Waals surface area contributed by atoms with Gasteiger partial charge in [0.05, 0.1) is 0 Å². The first-order chi connectivity index (χ1) is 12.3. The highest BCUT2D eigenvalue weighted by atomic mass is 32.1. The Balaban J connectivity index is 1.68. The molecule has 0 aliphatic heterocycles. The van der Waals surface area contributed by atoms with Crippen molar-refractivity contribution >= 4 is 39.0 Å². The third kappa shape index (κ3) is 3.70. The average Bonchev–Trinajstić information content (AvgIpc) is 3.04. The Kier molecular flexibility index (Phi) is 4.94. The van der Waals surface area contributed by atoms with E-state index in [-0.39, 0.29) is 10.6 Å². The lowest BCUT2D eigenvalue weighted by Crippen LogP contribution is -2.29. The number of carbonyl (C=O) groups excluding carboxylic acids is 2. The molecule has 0 fully saturated rings. The molecular formula is C18H12F3NO3S. The fraction of sp³-hybridized carbons (Fsp3) is 0.111. The van der Waals surface area contributed by atoms with Crippen molar-refractivity contribution in [2.75, 3.05) is 5.32 Å². The number of hydrogen-bond acceptors (Lipinski definition) is 4. The maximum atomic E-state index is 13.7. The van der Waals surface area contributed by atoms with E-state index in [1.807, 2.05) is 0 Å². The number of halogens is 3. The van der Waals surface area contributed by atoms with Crippen LogP contribution in [-0.2, 0) is 9.53 Å². The summed E-state index contributed by atoms with van der Waals surface area (Å²) in [6.07, 6.45) is -1.19. The first-order valence-electron chi connectivity index (χ1n) is 7.50. The summed E-state index contributed by atoms with van der Waals surface area (Å²) < 4.78 is 45.4. The largest absolute Gasteiger partial charge is 0.448 e. The summed E-state index contributed by atoms with van der Waals surface area (Å²) in [6.45, 7) is 1.33. The van der Waals surface area contributed by atoms with Crippen LogP contribution in [0.25, 0.3) is 10.1 Å². The molecule has 1 heterocycles. The summed E-state index contributed by atoms with van der Waals surface area (Å²) in [5.41, 5.74) is 0.0285. The summed E-state index contributed by atoms with van der Waals surface area (Å²) in [5.74, 6) is -4.10. The number of benzene rings is 2. The number of thiophene rings is 1. The lowest BCUT2D eigenvalue weighted by Gasteiger charge is -2.13. The molecule has 134 valence electrons. The molecule has 0 bridgehead atoms. The van der Waals surface area contributed by atoms with Gasteiger partial charge in [0, 0.05) is 21.8 Å². The van der Waals surface area contributed by atoms with Crippen LogP contribution in [0.4, 0.5) is 18.9 Å². The SMILES string of the molecule is C[C@@H](OC(=O)c1cc2c(F)cccc2s1)C(=O)Nc1ccc(F)c(F)c1. The van der Waals surface area contributed by atoms with Crippen LogP contribution < -0.4 is 5.32 Å². The van der Waals surface area contributed by atoms with E-state index < -0.39 is 35.4 Å². The summed E-state index contributed by atoms with van der Waals surface area (Å²) >= 11 is 1.04. The van der Waals surface area contributed by atoms with Gasteiger partial charge in [-0.2, -0.15) is 0 Å². The Hall–Kier alpha value is -2.87. The second-order valence-electron chi connectivity index (χ2n) is 5.43. The molecule has 1 N–H and O–H groups in total. The minimum atomic E-state index is -1.19. The van der Waals surface area contributed by atoms with Crippen LogP contribution in [0.15, 0.2) is 42.5 Å². The number of anilines is 1. The monoisotopic (exact) mass is 379 g/mol. The fourth-order valence-electron chi connectivity index (χ4n) is 2.22. The van der Waals surface area contributed by atoms with E-state index in [0.29, 0.717) is 10.1 Å². The lowest BCUT2D eigenvalue weighted by molar-refractivity contribution is -0.123. The minimum absolute atomic E-state index is 0.0285. The fourth-order valence-corrected chi connectivity index (χ4v) is 3.17. The van der Waals surface area contributed by atoms with Gasteiger partial charge in [0.15, 0.2) is 17.7 Å². The van der Waals surface area contributed by atoms with Gasteiger partial charge in [0.2, 0.25) is 0 Å². The van der Waals surface area contributed by atoms with Gasteiger partial charge in [0.1, 0.15) is 10.7 Å². The number of hydrogen-bond donors (Lipinski definition) is 1. The van der Waals surface area contributed by atoms with Crippen molar-refractivity contribution in [2.24, 2.45) is 0 Å². The highest BCUT2D eigenvalue weighted by molar-refractivity contribution is 7.20. The van der Waals surface area contributed by atoms with Crippen molar-refractivity contribution in [3.05, 3.63) is 64.8 Å². The Bertz CT molecular complexity index is 1000. The Labute approximate surface area is 150 Å². The molecule has 1 atom stereocenters. The molecule has 2 aromatic carbocycles. The second kappa shape index (κ2) is 7.17. The Morgan fingerprint density at radius 1 is 1.04 bits per heavy atom. The van der Waals surface area contributed by atoms with E-state index in [4.69, 9.17) is 4.74 Å². The van der Waals surface area contributed by atoms with Crippen LogP contribution in [-0.4, -0.2) is 18.0 Å². The Morgan fingerprint density at radius 3 is 2.50 bits per heavy atom. The van der Waals surface area contributed by atoms with Gasteiger partial charge < -0.3 is 10.1 Å². The molecule has 1 amide bonds. The number of esters is 1. The van der Waals surface area contributed by atoms with E-state index in [9.17, 15) is 22.8 Å². The average molecular weight is 379 g/mol. The molecule has 0 spiro atoms. The van der Waals surface area contributed by atoms with Crippen molar-refractivity contribution in [2.45, 2.75) is 13.0 Å². The van der Waals surface area contributed by atoms with Gasteiger partial charge in [-0.15, -0.1) is 11.3 Å². The molecule has 0 aliphatic carbocycles. The molecule has 0 radical (unpaired) electrons. The van der Waals surface area contributed by atoms with Crippen molar-refractivity contribution in [3.63, 3.8) is 0 Å². The van der Waals surface area contributed by atoms with Gasteiger partial charge in [-0.1, -0.05) is 6.07 Å². The van der Waals surface area contributed by atoms with Crippen LogP contribution in [0.2, 0.25) is 0 Å². The normalized spacial score (nSPS) is 12.0. The van der Waals surface area contributed by atoms with Crippen LogP contribution >= 0.6 is 11.3 Å². The zero-order valence-electron chi connectivity index (χ0n) is 13.4. The molecular weight excluding hydrogens is 367 g/mol. The Morgan fingerprint density at radius 2 is 1.81 bits per heavy atom. The van der Waals surface area contributed by atoms with Gasteiger partial charge in [0.25, 0.3) is 5.91 Å². The zero-order chi connectivity index (χ0) is 18.8. The maximum absolute atomic E-state index is 13.7. The van der Waals surface area contributed by atoms with Gasteiger partial charge >= 0.3 is 5.97 Å². The smallest absolute Gasteiger partial charge is 0.349 e. The number of ether oxygens (including phenoxy) is 1. The third-order valence-electron chi connectivity index (χ3n) is 3.55. The molecule has 8 heteroatoms. The molecule has 3 rings (SSSR count). The van der Waals surface area contributed by atoms with E-state index in [1.165, 1.54) is 31.2 Å². The number of fused-ring (bicyclic) bond motifs is 1. The lowest BCUT2D eigenvalue weighted by atomic mass is 10.2. The highest BCUT2D eigenvalue weighted by Crippen LogP contribution is 2.28. The summed E-state index contributed by atoms with van der Waals surface area (Å²) in [6, 6.07) is 8.70. The van der Waals surface area contributed by atoms with Crippen molar-refractivity contribution < 1.29 is 27.5 Å². The van der Waals surface area contributed by atoms with E-state index >= 15 is 0 Å². The summed E-state index contributed by atoms with van der Waals surface area (Å²) in [7, 11) is 0. The van der Waals surface area contributed by atoms with E-state index in [0.717, 1.165) is 23.5 Å². The molecule has 0 unspecified atom stereocenters. The predicted octanol–water partition coefficient (Wildman–Crippen LogP) is 4.50. The molecule has 0 aliphatic rings. The summed E-state index contributed by atoms with van der Waals surface area (Å²) in [4.78, 5) is 24.4. The van der Waals surface area contributed by atoms with Gasteiger partial charge in [-0.25, -0.2) is 18.0 Å². The summed E-state index contributed by atoms with van der Waals surface area (Å²) in [5, 5.41) is 2.62. The van der Waals surface area contributed by atoms with E-state index in [1.54, 1.807) is 6.07 Å². The topological polar surface area (TPSA) is 55.4 Å². The van der Waals surface area contributed by atoms with Crippen LogP contribution in [0, 0.1) is 17.5 Å².